The molecule has 2 atom stereocenters. The number of ether oxygens (including phenoxy) is 3. The minimum absolute atomic E-state index is 0.188. The molecule has 0 bridgehead atoms. The number of piperidine rings is 1. The Kier molecular flexibility index (Phi) is 6.87. The lowest BCUT2D eigenvalue weighted by atomic mass is 9.89. The standard InChI is InChI=1S/C22H24F3NO4/c1-28-19-10-5-11-20(29-2)21(19)18-9-4-7-16(14-27)26(18)13-15-6-3-8-17(12-15)30-22(23,24)25/h3,5-6,8,10-12,14,16,18H,4,7,9,13H2,1-2H3. The van der Waals surface area contributed by atoms with Gasteiger partial charge in [-0.15, -0.1) is 13.2 Å². The molecule has 3 rings (SSSR count). The number of carbonyl (C=O) groups excluding carboxylic acids is 1. The number of methoxy groups -OCH3 is 2. The highest BCUT2D eigenvalue weighted by Gasteiger charge is 2.35. The topological polar surface area (TPSA) is 48.0 Å². The van der Waals surface area contributed by atoms with Crippen LogP contribution < -0.4 is 14.2 Å². The summed E-state index contributed by atoms with van der Waals surface area (Å²) < 4.78 is 52.9. The summed E-state index contributed by atoms with van der Waals surface area (Å²) in [5.74, 6) is 1.00. The SMILES string of the molecule is COc1cccc(OC)c1C1CCCC(C=O)N1Cc1cccc(OC(F)(F)F)c1. The van der Waals surface area contributed by atoms with E-state index in [1.165, 1.54) is 18.2 Å². The van der Waals surface area contributed by atoms with Crippen molar-refractivity contribution in [3.63, 3.8) is 0 Å². The third-order valence-corrected chi connectivity index (χ3v) is 5.26. The van der Waals surface area contributed by atoms with E-state index in [0.29, 0.717) is 23.5 Å². The summed E-state index contributed by atoms with van der Waals surface area (Å²) >= 11 is 0. The molecule has 8 heteroatoms. The Labute approximate surface area is 173 Å². The molecular weight excluding hydrogens is 399 g/mol. The van der Waals surface area contributed by atoms with E-state index in [4.69, 9.17) is 9.47 Å². The summed E-state index contributed by atoms with van der Waals surface area (Å²) in [6.07, 6.45) is -1.59. The van der Waals surface area contributed by atoms with Crippen molar-refractivity contribution in [3.8, 4) is 17.2 Å². The van der Waals surface area contributed by atoms with Gasteiger partial charge in [-0.2, -0.15) is 0 Å². The molecule has 1 heterocycles. The monoisotopic (exact) mass is 423 g/mol. The summed E-state index contributed by atoms with van der Waals surface area (Å²) in [6, 6.07) is 10.8. The molecule has 1 aliphatic rings. The molecule has 30 heavy (non-hydrogen) atoms. The van der Waals surface area contributed by atoms with Gasteiger partial charge in [0, 0.05) is 12.6 Å². The van der Waals surface area contributed by atoms with Gasteiger partial charge in [-0.25, -0.2) is 0 Å². The molecule has 1 saturated heterocycles. The van der Waals surface area contributed by atoms with Crippen LogP contribution in [0.3, 0.4) is 0 Å². The quantitative estimate of drug-likeness (QED) is 0.593. The first-order valence-electron chi connectivity index (χ1n) is 9.63. The number of benzene rings is 2. The number of carbonyl (C=O) groups is 1. The van der Waals surface area contributed by atoms with E-state index in [1.807, 2.05) is 23.1 Å². The van der Waals surface area contributed by atoms with Gasteiger partial charge in [0.25, 0.3) is 0 Å². The summed E-state index contributed by atoms with van der Waals surface area (Å²) in [4.78, 5) is 13.8. The largest absolute Gasteiger partial charge is 0.573 e. The van der Waals surface area contributed by atoms with Crippen molar-refractivity contribution in [2.75, 3.05) is 14.2 Å². The number of aldehydes is 1. The molecule has 0 spiro atoms. The molecule has 0 radical (unpaired) electrons. The zero-order valence-electron chi connectivity index (χ0n) is 16.8. The minimum Gasteiger partial charge on any atom is -0.496 e. The van der Waals surface area contributed by atoms with Gasteiger partial charge < -0.3 is 19.0 Å². The molecule has 162 valence electrons. The second kappa shape index (κ2) is 9.38. The van der Waals surface area contributed by atoms with Gasteiger partial charge in [0.15, 0.2) is 0 Å². The van der Waals surface area contributed by atoms with Crippen LogP contribution in [-0.4, -0.2) is 37.8 Å². The molecule has 0 amide bonds. The molecule has 5 nitrogen and oxygen atoms in total. The van der Waals surface area contributed by atoms with Crippen LogP contribution in [-0.2, 0) is 11.3 Å². The Hall–Kier alpha value is -2.74. The van der Waals surface area contributed by atoms with Crippen molar-refractivity contribution in [2.24, 2.45) is 0 Å². The third-order valence-electron chi connectivity index (χ3n) is 5.26. The van der Waals surface area contributed by atoms with E-state index in [-0.39, 0.29) is 24.4 Å². The van der Waals surface area contributed by atoms with E-state index in [9.17, 15) is 18.0 Å². The second-order valence-corrected chi connectivity index (χ2v) is 7.09. The van der Waals surface area contributed by atoms with Crippen LogP contribution in [0.4, 0.5) is 13.2 Å². The van der Waals surface area contributed by atoms with E-state index >= 15 is 0 Å². The van der Waals surface area contributed by atoms with E-state index in [0.717, 1.165) is 24.7 Å². The minimum atomic E-state index is -4.76. The molecule has 1 fully saturated rings. The molecule has 2 aromatic rings. The van der Waals surface area contributed by atoms with Crippen LogP contribution in [0.25, 0.3) is 0 Å². The smallest absolute Gasteiger partial charge is 0.496 e. The van der Waals surface area contributed by atoms with Crippen molar-refractivity contribution >= 4 is 6.29 Å². The van der Waals surface area contributed by atoms with Gasteiger partial charge in [-0.05, 0) is 49.1 Å². The average molecular weight is 423 g/mol. The number of hydrogen-bond acceptors (Lipinski definition) is 5. The zero-order valence-corrected chi connectivity index (χ0v) is 16.8. The number of nitrogens with zero attached hydrogens (tertiary/aromatic N) is 1. The number of alkyl halides is 3. The molecule has 0 aliphatic carbocycles. The van der Waals surface area contributed by atoms with Crippen LogP contribution >= 0.6 is 0 Å². The first-order chi connectivity index (χ1) is 14.4. The van der Waals surface area contributed by atoms with Crippen molar-refractivity contribution in [3.05, 3.63) is 53.6 Å². The van der Waals surface area contributed by atoms with Crippen LogP contribution in [0, 0.1) is 0 Å². The van der Waals surface area contributed by atoms with E-state index in [1.54, 1.807) is 20.3 Å². The second-order valence-electron chi connectivity index (χ2n) is 7.09. The fourth-order valence-electron chi connectivity index (χ4n) is 4.03. The maximum atomic E-state index is 12.6. The zero-order chi connectivity index (χ0) is 21.7. The third kappa shape index (κ3) is 5.05. The number of likely N-dealkylation sites (tertiary alicyclic amines) is 1. The van der Waals surface area contributed by atoms with E-state index in [2.05, 4.69) is 4.74 Å². The summed E-state index contributed by atoms with van der Waals surface area (Å²) in [5.41, 5.74) is 1.45. The predicted molar refractivity (Wildman–Crippen MR) is 105 cm³/mol. The predicted octanol–water partition coefficient (Wildman–Crippen LogP) is 4.90. The molecule has 2 unspecified atom stereocenters. The van der Waals surface area contributed by atoms with Crippen molar-refractivity contribution < 1.29 is 32.2 Å². The van der Waals surface area contributed by atoms with Crippen LogP contribution in [0.1, 0.15) is 36.4 Å². The lowest BCUT2D eigenvalue weighted by molar-refractivity contribution is -0.274. The first kappa shape index (κ1) is 22.0. The van der Waals surface area contributed by atoms with Gasteiger partial charge in [0.2, 0.25) is 0 Å². The molecule has 1 aliphatic heterocycles. The summed E-state index contributed by atoms with van der Waals surface area (Å²) in [5, 5.41) is 0. The highest BCUT2D eigenvalue weighted by Crippen LogP contribution is 2.43. The fraction of sp³-hybridized carbons (Fsp3) is 0.409. The summed E-state index contributed by atoms with van der Waals surface area (Å²) in [7, 11) is 3.14. The molecular formula is C22H24F3NO4. The Morgan fingerprint density at radius 2 is 1.73 bits per heavy atom. The number of halogens is 3. The van der Waals surface area contributed by atoms with Crippen LogP contribution in [0.5, 0.6) is 17.2 Å². The molecule has 0 saturated carbocycles. The normalized spacial score (nSPS) is 19.9. The highest BCUT2D eigenvalue weighted by atomic mass is 19.4. The highest BCUT2D eigenvalue weighted by molar-refractivity contribution is 5.59. The van der Waals surface area contributed by atoms with Gasteiger partial charge >= 0.3 is 6.36 Å². The van der Waals surface area contributed by atoms with Crippen molar-refractivity contribution in [1.29, 1.82) is 0 Å². The first-order valence-corrected chi connectivity index (χ1v) is 9.63. The average Bonchev–Trinajstić information content (AvgIpc) is 2.72. The Bertz CT molecular complexity index is 849. The van der Waals surface area contributed by atoms with Gasteiger partial charge in [-0.3, -0.25) is 4.90 Å². The molecule has 0 N–H and O–H groups in total. The molecule has 0 aromatic heterocycles. The maximum absolute atomic E-state index is 12.6. The van der Waals surface area contributed by atoms with Crippen molar-refractivity contribution in [2.45, 2.75) is 44.3 Å². The maximum Gasteiger partial charge on any atom is 0.573 e. The number of hydrogen-bond donors (Lipinski definition) is 0. The van der Waals surface area contributed by atoms with Crippen LogP contribution in [0.2, 0.25) is 0 Å². The van der Waals surface area contributed by atoms with E-state index < -0.39 is 6.36 Å². The Morgan fingerprint density at radius 3 is 2.33 bits per heavy atom. The van der Waals surface area contributed by atoms with Gasteiger partial charge in [0.1, 0.15) is 23.5 Å². The van der Waals surface area contributed by atoms with Gasteiger partial charge in [-0.1, -0.05) is 18.2 Å². The lowest BCUT2D eigenvalue weighted by Gasteiger charge is -2.41. The molecule has 2 aromatic carbocycles. The number of rotatable bonds is 7. The lowest BCUT2D eigenvalue weighted by Crippen LogP contribution is -2.42. The fourth-order valence-corrected chi connectivity index (χ4v) is 4.03. The Balaban J connectivity index is 1.96. The van der Waals surface area contributed by atoms with Gasteiger partial charge in [0.05, 0.1) is 25.8 Å². The summed E-state index contributed by atoms with van der Waals surface area (Å²) in [6.45, 7) is 0.282. The Morgan fingerprint density at radius 1 is 1.07 bits per heavy atom. The van der Waals surface area contributed by atoms with Crippen molar-refractivity contribution in [1.82, 2.24) is 4.90 Å². The van der Waals surface area contributed by atoms with Crippen LogP contribution in [0.15, 0.2) is 42.5 Å².